The molecule has 2 heterocycles. The summed E-state index contributed by atoms with van der Waals surface area (Å²) in [4.78, 5) is 8.97. The first kappa shape index (κ1) is 12.4. The summed E-state index contributed by atoms with van der Waals surface area (Å²) < 4.78 is 0. The molecule has 0 amide bonds. The summed E-state index contributed by atoms with van der Waals surface area (Å²) in [6.07, 6.45) is 2.98. The molecule has 92 valence electrons. The lowest BCUT2D eigenvalue weighted by Gasteiger charge is -2.08. The van der Waals surface area contributed by atoms with Crippen molar-refractivity contribution in [2.24, 2.45) is 10.9 Å². The Morgan fingerprint density at radius 2 is 2.35 bits per heavy atom. The molecule has 1 N–H and O–H groups in total. The third-order valence-corrected chi connectivity index (χ3v) is 3.74. The zero-order chi connectivity index (χ0) is 12.3. The van der Waals surface area contributed by atoms with Gasteiger partial charge in [0.2, 0.25) is 0 Å². The molecule has 1 aliphatic heterocycles. The van der Waals surface area contributed by atoms with Crippen molar-refractivity contribution in [3.8, 4) is 0 Å². The van der Waals surface area contributed by atoms with Crippen LogP contribution in [0.3, 0.4) is 0 Å². The molecule has 3 nitrogen and oxygen atoms in total. The summed E-state index contributed by atoms with van der Waals surface area (Å²) in [7, 11) is 0. The van der Waals surface area contributed by atoms with E-state index in [1.807, 2.05) is 37.0 Å². The Bertz CT molecular complexity index is 415. The smallest absolute Gasteiger partial charge is 0.161 e. The van der Waals surface area contributed by atoms with E-state index in [1.54, 1.807) is 0 Å². The van der Waals surface area contributed by atoms with Gasteiger partial charge in [0.15, 0.2) is 5.17 Å². The summed E-state index contributed by atoms with van der Waals surface area (Å²) in [6.45, 7) is 6.50. The topological polar surface area (TPSA) is 37.3 Å². The van der Waals surface area contributed by atoms with Crippen LogP contribution in [0.4, 0.5) is 5.69 Å². The molecule has 1 unspecified atom stereocenters. The number of aliphatic imine (C=N–C) groups is 1. The van der Waals surface area contributed by atoms with E-state index in [2.05, 4.69) is 24.1 Å². The van der Waals surface area contributed by atoms with Crippen molar-refractivity contribution in [3.05, 3.63) is 24.0 Å². The Kier molecular flexibility index (Phi) is 4.05. The number of aromatic nitrogens is 1. The summed E-state index contributed by atoms with van der Waals surface area (Å²) in [5.74, 6) is 1.81. The number of nitrogens with zero attached hydrogens (tertiary/aromatic N) is 2. The molecule has 4 heteroatoms. The van der Waals surface area contributed by atoms with Crippen molar-refractivity contribution in [1.29, 1.82) is 0 Å². The lowest BCUT2D eigenvalue weighted by molar-refractivity contribution is 0.529. The van der Waals surface area contributed by atoms with E-state index < -0.39 is 0 Å². The van der Waals surface area contributed by atoms with Gasteiger partial charge in [-0.2, -0.15) is 0 Å². The first-order valence-corrected chi connectivity index (χ1v) is 7.03. The van der Waals surface area contributed by atoms with Gasteiger partial charge in [0, 0.05) is 11.9 Å². The highest BCUT2D eigenvalue weighted by molar-refractivity contribution is 8.14. The first-order valence-electron chi connectivity index (χ1n) is 6.04. The summed E-state index contributed by atoms with van der Waals surface area (Å²) in [5, 5.41) is 4.40. The number of amidine groups is 1. The predicted molar refractivity (Wildman–Crippen MR) is 75.7 cm³/mol. The number of aryl methyl sites for hydroxylation is 1. The lowest BCUT2D eigenvalue weighted by Crippen LogP contribution is -2.08. The van der Waals surface area contributed by atoms with Gasteiger partial charge in [-0.1, -0.05) is 25.6 Å². The van der Waals surface area contributed by atoms with E-state index in [4.69, 9.17) is 4.99 Å². The number of rotatable bonds is 3. The summed E-state index contributed by atoms with van der Waals surface area (Å²) in [6, 6.07) is 4.46. The van der Waals surface area contributed by atoms with Gasteiger partial charge >= 0.3 is 0 Å². The molecule has 0 spiro atoms. The van der Waals surface area contributed by atoms with Gasteiger partial charge in [0.05, 0.1) is 17.4 Å². The highest BCUT2D eigenvalue weighted by Crippen LogP contribution is 2.24. The highest BCUT2D eigenvalue weighted by atomic mass is 32.2. The maximum Gasteiger partial charge on any atom is 0.161 e. The van der Waals surface area contributed by atoms with Crippen molar-refractivity contribution in [1.82, 2.24) is 4.98 Å². The van der Waals surface area contributed by atoms with Crippen LogP contribution in [0.15, 0.2) is 23.3 Å². The lowest BCUT2D eigenvalue weighted by atomic mass is 10.1. The number of hydrogen-bond donors (Lipinski definition) is 1. The monoisotopic (exact) mass is 249 g/mol. The number of anilines is 1. The van der Waals surface area contributed by atoms with E-state index in [-0.39, 0.29) is 0 Å². The minimum atomic E-state index is 0.472. The maximum atomic E-state index is 4.71. The largest absolute Gasteiger partial charge is 0.333 e. The molecule has 1 atom stereocenters. The molecule has 0 bridgehead atoms. The quantitative estimate of drug-likeness (QED) is 0.893. The van der Waals surface area contributed by atoms with E-state index in [1.165, 1.54) is 6.42 Å². The maximum absolute atomic E-state index is 4.71. The van der Waals surface area contributed by atoms with E-state index in [0.717, 1.165) is 22.3 Å². The average Bonchev–Trinajstić information content (AvgIpc) is 2.68. The molecule has 2 rings (SSSR count). The molecule has 1 aliphatic rings. The molecule has 0 radical (unpaired) electrons. The van der Waals surface area contributed by atoms with E-state index in [0.29, 0.717) is 12.0 Å². The van der Waals surface area contributed by atoms with Gasteiger partial charge in [-0.3, -0.25) is 9.98 Å². The van der Waals surface area contributed by atoms with Gasteiger partial charge < -0.3 is 5.32 Å². The van der Waals surface area contributed by atoms with Gasteiger partial charge in [-0.15, -0.1) is 0 Å². The van der Waals surface area contributed by atoms with E-state index in [9.17, 15) is 0 Å². The Hall–Kier alpha value is -1.03. The first-order chi connectivity index (χ1) is 8.15. The van der Waals surface area contributed by atoms with E-state index >= 15 is 0 Å². The van der Waals surface area contributed by atoms with Gasteiger partial charge in [0.1, 0.15) is 0 Å². The van der Waals surface area contributed by atoms with Crippen LogP contribution in [0, 0.1) is 12.8 Å². The molecular formula is C13H19N3S. The molecule has 0 aliphatic carbocycles. The van der Waals surface area contributed by atoms with Crippen LogP contribution < -0.4 is 5.32 Å². The SMILES string of the molecule is Cc1ncccc1NC1=NC(CC(C)C)CS1. The molecule has 0 saturated carbocycles. The molecule has 0 aromatic carbocycles. The number of hydrogen-bond acceptors (Lipinski definition) is 4. The fraction of sp³-hybridized carbons (Fsp3) is 0.538. The standard InChI is InChI=1S/C13H19N3S/c1-9(2)7-11-8-17-13(15-11)16-12-5-4-6-14-10(12)3/h4-6,9,11H,7-8H2,1-3H3,(H,15,16). The molecule has 1 aromatic heterocycles. The molecule has 0 saturated heterocycles. The van der Waals surface area contributed by atoms with Gasteiger partial charge in [-0.05, 0) is 31.4 Å². The van der Waals surface area contributed by atoms with Crippen LogP contribution in [0.25, 0.3) is 0 Å². The fourth-order valence-electron chi connectivity index (χ4n) is 1.88. The summed E-state index contributed by atoms with van der Waals surface area (Å²) >= 11 is 1.81. The highest BCUT2D eigenvalue weighted by Gasteiger charge is 2.19. The second kappa shape index (κ2) is 5.54. The van der Waals surface area contributed by atoms with Gasteiger partial charge in [0.25, 0.3) is 0 Å². The Morgan fingerprint density at radius 3 is 3.06 bits per heavy atom. The van der Waals surface area contributed by atoms with Crippen molar-refractivity contribution in [2.75, 3.05) is 11.1 Å². The Morgan fingerprint density at radius 1 is 1.53 bits per heavy atom. The second-order valence-corrected chi connectivity index (χ2v) is 5.80. The zero-order valence-electron chi connectivity index (χ0n) is 10.6. The predicted octanol–water partition coefficient (Wildman–Crippen LogP) is 3.32. The Balaban J connectivity index is 1.99. The van der Waals surface area contributed by atoms with Gasteiger partial charge in [-0.25, -0.2) is 0 Å². The normalized spacial score (nSPS) is 19.5. The Labute approximate surface area is 107 Å². The second-order valence-electron chi connectivity index (χ2n) is 4.79. The van der Waals surface area contributed by atoms with Crippen molar-refractivity contribution < 1.29 is 0 Å². The number of pyridine rings is 1. The zero-order valence-corrected chi connectivity index (χ0v) is 11.4. The van der Waals surface area contributed by atoms with Crippen molar-refractivity contribution >= 4 is 22.6 Å². The minimum Gasteiger partial charge on any atom is -0.333 e. The average molecular weight is 249 g/mol. The molecule has 1 aromatic rings. The third kappa shape index (κ3) is 3.46. The van der Waals surface area contributed by atoms with Crippen LogP contribution in [0.1, 0.15) is 26.0 Å². The van der Waals surface area contributed by atoms with Crippen molar-refractivity contribution in [3.63, 3.8) is 0 Å². The third-order valence-electron chi connectivity index (χ3n) is 2.70. The fourth-order valence-corrected chi connectivity index (χ4v) is 2.85. The molecule has 17 heavy (non-hydrogen) atoms. The molecule has 0 fully saturated rings. The van der Waals surface area contributed by atoms with Crippen LogP contribution in [-0.2, 0) is 0 Å². The number of nitrogens with one attached hydrogen (secondary N) is 1. The minimum absolute atomic E-state index is 0.472. The number of thioether (sulfide) groups is 1. The van der Waals surface area contributed by atoms with Crippen LogP contribution in [0.5, 0.6) is 0 Å². The molecular weight excluding hydrogens is 230 g/mol. The van der Waals surface area contributed by atoms with Crippen molar-refractivity contribution in [2.45, 2.75) is 33.2 Å². The van der Waals surface area contributed by atoms with Crippen LogP contribution in [0.2, 0.25) is 0 Å². The van der Waals surface area contributed by atoms with Crippen LogP contribution in [-0.4, -0.2) is 21.9 Å². The summed E-state index contributed by atoms with van der Waals surface area (Å²) in [5.41, 5.74) is 2.08. The van der Waals surface area contributed by atoms with Crippen LogP contribution >= 0.6 is 11.8 Å².